The van der Waals surface area contributed by atoms with E-state index in [1.165, 1.54) is 18.5 Å². The van der Waals surface area contributed by atoms with Crippen molar-refractivity contribution in [2.75, 3.05) is 18.5 Å². The van der Waals surface area contributed by atoms with Gasteiger partial charge in [0.25, 0.3) is 0 Å². The molecule has 1 fully saturated rings. The molecule has 0 amide bonds. The quantitative estimate of drug-likeness (QED) is 0.746. The SMILES string of the molecule is Cc1csc2ncnc(Nc3ccc(F)cc3OC3CCOCC3)c12. The first-order valence-corrected chi connectivity index (χ1v) is 9.08. The predicted octanol–water partition coefficient (Wildman–Crippen LogP) is 4.44. The standard InChI is InChI=1S/C18H18FN3O2S/c1-11-9-25-18-16(11)17(20-10-21-18)22-14-3-2-12(19)8-15(14)24-13-4-6-23-7-5-13/h2-3,8-10,13H,4-7H2,1H3,(H,20,21,22). The van der Waals surface area contributed by atoms with E-state index in [9.17, 15) is 4.39 Å². The van der Waals surface area contributed by atoms with Gasteiger partial charge in [0.2, 0.25) is 0 Å². The Hall–Kier alpha value is -2.25. The van der Waals surface area contributed by atoms with Gasteiger partial charge in [-0.15, -0.1) is 11.3 Å². The largest absolute Gasteiger partial charge is 0.488 e. The summed E-state index contributed by atoms with van der Waals surface area (Å²) >= 11 is 1.58. The third-order valence-electron chi connectivity index (χ3n) is 4.21. The third-order valence-corrected chi connectivity index (χ3v) is 5.22. The molecule has 0 atom stereocenters. The van der Waals surface area contributed by atoms with Gasteiger partial charge in [-0.25, -0.2) is 14.4 Å². The van der Waals surface area contributed by atoms with Crippen LogP contribution in [0.2, 0.25) is 0 Å². The van der Waals surface area contributed by atoms with Crippen LogP contribution in [-0.4, -0.2) is 29.3 Å². The minimum Gasteiger partial charge on any atom is -0.488 e. The molecule has 5 nitrogen and oxygen atoms in total. The van der Waals surface area contributed by atoms with Gasteiger partial charge in [0.05, 0.1) is 24.3 Å². The van der Waals surface area contributed by atoms with E-state index in [0.717, 1.165) is 28.6 Å². The monoisotopic (exact) mass is 359 g/mol. The van der Waals surface area contributed by atoms with Crippen LogP contribution in [0.15, 0.2) is 29.9 Å². The van der Waals surface area contributed by atoms with Crippen molar-refractivity contribution in [1.29, 1.82) is 0 Å². The maximum Gasteiger partial charge on any atom is 0.146 e. The van der Waals surface area contributed by atoms with Crippen molar-refractivity contribution in [3.8, 4) is 5.75 Å². The van der Waals surface area contributed by atoms with Crippen LogP contribution in [0.1, 0.15) is 18.4 Å². The van der Waals surface area contributed by atoms with Crippen molar-refractivity contribution < 1.29 is 13.9 Å². The number of nitrogens with one attached hydrogen (secondary N) is 1. The zero-order valence-corrected chi connectivity index (χ0v) is 14.6. The fraction of sp³-hybridized carbons (Fsp3) is 0.333. The summed E-state index contributed by atoms with van der Waals surface area (Å²) in [5.74, 6) is 0.867. The van der Waals surface area contributed by atoms with E-state index in [-0.39, 0.29) is 11.9 Å². The number of hydrogen-bond acceptors (Lipinski definition) is 6. The molecule has 1 N–H and O–H groups in total. The summed E-state index contributed by atoms with van der Waals surface area (Å²) in [5, 5.41) is 6.32. The topological polar surface area (TPSA) is 56.3 Å². The molecular formula is C18H18FN3O2S. The fourth-order valence-corrected chi connectivity index (χ4v) is 3.80. The zero-order valence-electron chi connectivity index (χ0n) is 13.8. The summed E-state index contributed by atoms with van der Waals surface area (Å²) in [4.78, 5) is 9.58. The summed E-state index contributed by atoms with van der Waals surface area (Å²) in [5.41, 5.74) is 1.80. The average molecular weight is 359 g/mol. The van der Waals surface area contributed by atoms with Crippen LogP contribution in [0, 0.1) is 12.7 Å². The van der Waals surface area contributed by atoms with E-state index in [2.05, 4.69) is 20.7 Å². The Bertz CT molecular complexity index is 893. The molecule has 0 radical (unpaired) electrons. The molecule has 0 aliphatic carbocycles. The number of rotatable bonds is 4. The number of halogens is 1. The molecule has 1 saturated heterocycles. The molecule has 0 spiro atoms. The van der Waals surface area contributed by atoms with Gasteiger partial charge in [0, 0.05) is 18.9 Å². The van der Waals surface area contributed by atoms with Gasteiger partial charge in [0.15, 0.2) is 0 Å². The number of benzene rings is 1. The van der Waals surface area contributed by atoms with Gasteiger partial charge < -0.3 is 14.8 Å². The van der Waals surface area contributed by atoms with E-state index >= 15 is 0 Å². The van der Waals surface area contributed by atoms with Crippen LogP contribution in [-0.2, 0) is 4.74 Å². The Labute approximate surface area is 148 Å². The zero-order chi connectivity index (χ0) is 17.2. The molecule has 1 aliphatic rings. The van der Waals surface area contributed by atoms with Gasteiger partial charge in [-0.05, 0) is 30.0 Å². The van der Waals surface area contributed by atoms with E-state index in [1.54, 1.807) is 17.4 Å². The highest BCUT2D eigenvalue weighted by Gasteiger charge is 2.18. The van der Waals surface area contributed by atoms with Crippen molar-refractivity contribution in [3.63, 3.8) is 0 Å². The number of fused-ring (bicyclic) bond motifs is 1. The maximum atomic E-state index is 13.8. The number of aromatic nitrogens is 2. The van der Waals surface area contributed by atoms with Crippen molar-refractivity contribution >= 4 is 33.1 Å². The first kappa shape index (κ1) is 16.2. The molecule has 25 heavy (non-hydrogen) atoms. The van der Waals surface area contributed by atoms with Crippen LogP contribution in [0.5, 0.6) is 5.75 Å². The molecular weight excluding hydrogens is 341 g/mol. The molecule has 0 saturated carbocycles. The van der Waals surface area contributed by atoms with Crippen LogP contribution >= 0.6 is 11.3 Å². The second-order valence-electron chi connectivity index (χ2n) is 6.02. The first-order chi connectivity index (χ1) is 12.2. The molecule has 1 aromatic carbocycles. The van der Waals surface area contributed by atoms with Crippen molar-refractivity contribution in [2.24, 2.45) is 0 Å². The third kappa shape index (κ3) is 3.43. The van der Waals surface area contributed by atoms with Crippen LogP contribution in [0.4, 0.5) is 15.9 Å². The van der Waals surface area contributed by atoms with Crippen LogP contribution < -0.4 is 10.1 Å². The lowest BCUT2D eigenvalue weighted by Gasteiger charge is -2.24. The van der Waals surface area contributed by atoms with E-state index in [0.29, 0.717) is 30.5 Å². The lowest BCUT2D eigenvalue weighted by molar-refractivity contribution is 0.0257. The fourth-order valence-electron chi connectivity index (χ4n) is 2.91. The number of hydrogen-bond donors (Lipinski definition) is 1. The number of aryl methyl sites for hydroxylation is 1. The lowest BCUT2D eigenvalue weighted by atomic mass is 10.1. The number of thiophene rings is 1. The minimum absolute atomic E-state index is 0.0319. The Morgan fingerprint density at radius 2 is 2.12 bits per heavy atom. The minimum atomic E-state index is -0.327. The molecule has 3 heterocycles. The summed E-state index contributed by atoms with van der Waals surface area (Å²) in [6.45, 7) is 3.37. The van der Waals surface area contributed by atoms with E-state index in [4.69, 9.17) is 9.47 Å². The molecule has 0 bridgehead atoms. The lowest BCUT2D eigenvalue weighted by Crippen LogP contribution is -2.26. The second kappa shape index (κ2) is 6.93. The van der Waals surface area contributed by atoms with Gasteiger partial charge in [-0.1, -0.05) is 0 Å². The smallest absolute Gasteiger partial charge is 0.146 e. The van der Waals surface area contributed by atoms with Crippen molar-refractivity contribution in [3.05, 3.63) is 41.3 Å². The van der Waals surface area contributed by atoms with Crippen molar-refractivity contribution in [1.82, 2.24) is 9.97 Å². The van der Waals surface area contributed by atoms with Crippen molar-refractivity contribution in [2.45, 2.75) is 25.9 Å². The van der Waals surface area contributed by atoms with E-state index in [1.807, 2.05) is 6.92 Å². The van der Waals surface area contributed by atoms with Crippen LogP contribution in [0.3, 0.4) is 0 Å². The Balaban J connectivity index is 1.66. The first-order valence-electron chi connectivity index (χ1n) is 8.20. The molecule has 1 aliphatic heterocycles. The maximum absolute atomic E-state index is 13.8. The Morgan fingerprint density at radius 1 is 1.28 bits per heavy atom. The molecule has 3 aromatic rings. The summed E-state index contributed by atoms with van der Waals surface area (Å²) in [7, 11) is 0. The molecule has 130 valence electrons. The molecule has 0 unspecified atom stereocenters. The molecule has 4 rings (SSSR count). The molecule has 7 heteroatoms. The predicted molar refractivity (Wildman–Crippen MR) is 96.3 cm³/mol. The number of nitrogens with zero attached hydrogens (tertiary/aromatic N) is 2. The summed E-state index contributed by atoms with van der Waals surface area (Å²) in [6.07, 6.45) is 3.17. The number of ether oxygens (including phenoxy) is 2. The van der Waals surface area contributed by atoms with Crippen LogP contribution in [0.25, 0.3) is 10.2 Å². The summed E-state index contributed by atoms with van der Waals surface area (Å²) < 4.78 is 25.1. The van der Waals surface area contributed by atoms with Gasteiger partial charge >= 0.3 is 0 Å². The number of anilines is 2. The van der Waals surface area contributed by atoms with Gasteiger partial charge in [-0.3, -0.25) is 0 Å². The average Bonchev–Trinajstić information content (AvgIpc) is 3.00. The highest BCUT2D eigenvalue weighted by molar-refractivity contribution is 7.17. The van der Waals surface area contributed by atoms with Gasteiger partial charge in [-0.2, -0.15) is 0 Å². The normalized spacial score (nSPS) is 15.4. The molecule has 2 aromatic heterocycles. The second-order valence-corrected chi connectivity index (χ2v) is 6.87. The Kier molecular flexibility index (Phi) is 4.50. The highest BCUT2D eigenvalue weighted by Crippen LogP contribution is 2.34. The summed E-state index contributed by atoms with van der Waals surface area (Å²) in [6, 6.07) is 4.51. The van der Waals surface area contributed by atoms with Gasteiger partial charge in [0.1, 0.15) is 34.6 Å². The van der Waals surface area contributed by atoms with E-state index < -0.39 is 0 Å². The highest BCUT2D eigenvalue weighted by atomic mass is 32.1. The Morgan fingerprint density at radius 3 is 2.96 bits per heavy atom.